The molecule has 62 valence electrons. The SMILES string of the molecule is Cc1cc(C(F)(F)F)nn1I. The van der Waals surface area contributed by atoms with Gasteiger partial charge in [-0.3, -0.25) is 0 Å². The van der Waals surface area contributed by atoms with Gasteiger partial charge in [-0.25, -0.2) is 2.90 Å². The van der Waals surface area contributed by atoms with Crippen LogP contribution >= 0.6 is 22.9 Å². The van der Waals surface area contributed by atoms with Gasteiger partial charge < -0.3 is 0 Å². The third kappa shape index (κ3) is 1.85. The minimum Gasteiger partial charge on any atom is -0.208 e. The number of nitrogens with zero attached hydrogens (tertiary/aromatic N) is 2. The molecule has 0 spiro atoms. The van der Waals surface area contributed by atoms with Crippen LogP contribution in [0.1, 0.15) is 11.4 Å². The predicted molar refractivity (Wildman–Crippen MR) is 41.4 cm³/mol. The number of aryl methyl sites for hydroxylation is 1. The second-order valence-corrected chi connectivity index (χ2v) is 2.94. The Labute approximate surface area is 74.9 Å². The van der Waals surface area contributed by atoms with Crippen LogP contribution in [0, 0.1) is 6.92 Å². The zero-order chi connectivity index (χ0) is 8.65. The summed E-state index contributed by atoms with van der Waals surface area (Å²) in [5, 5.41) is 3.26. The third-order valence-electron chi connectivity index (χ3n) is 1.12. The van der Waals surface area contributed by atoms with Crippen molar-refractivity contribution in [2.75, 3.05) is 0 Å². The monoisotopic (exact) mass is 276 g/mol. The van der Waals surface area contributed by atoms with Gasteiger partial charge in [-0.1, -0.05) is 0 Å². The van der Waals surface area contributed by atoms with E-state index in [9.17, 15) is 13.2 Å². The predicted octanol–water partition coefficient (Wildman–Crippen LogP) is 2.41. The van der Waals surface area contributed by atoms with Gasteiger partial charge in [-0.15, -0.1) is 0 Å². The van der Waals surface area contributed by atoms with Crippen molar-refractivity contribution in [1.29, 1.82) is 0 Å². The van der Waals surface area contributed by atoms with Crippen molar-refractivity contribution in [2.24, 2.45) is 0 Å². The minimum atomic E-state index is -4.33. The molecule has 0 saturated heterocycles. The normalized spacial score (nSPS) is 12.1. The Kier molecular flexibility index (Phi) is 2.13. The van der Waals surface area contributed by atoms with E-state index < -0.39 is 11.9 Å². The highest BCUT2D eigenvalue weighted by Crippen LogP contribution is 2.28. The lowest BCUT2D eigenvalue weighted by molar-refractivity contribution is -0.141. The van der Waals surface area contributed by atoms with Crippen LogP contribution in [0.15, 0.2) is 6.07 Å². The lowest BCUT2D eigenvalue weighted by Gasteiger charge is -1.98. The summed E-state index contributed by atoms with van der Waals surface area (Å²) >= 11 is 1.69. The average Bonchev–Trinajstić information content (AvgIpc) is 2.11. The van der Waals surface area contributed by atoms with Gasteiger partial charge in [0.25, 0.3) is 0 Å². The standard InChI is InChI=1S/C5H4F3IN2/c1-3-2-4(5(6,7)8)10-11(3)9/h2H,1H3. The van der Waals surface area contributed by atoms with E-state index in [4.69, 9.17) is 0 Å². The van der Waals surface area contributed by atoms with Crippen LogP contribution < -0.4 is 0 Å². The van der Waals surface area contributed by atoms with Crippen LogP contribution in [0.5, 0.6) is 0 Å². The van der Waals surface area contributed by atoms with Crippen LogP contribution in [0.25, 0.3) is 0 Å². The molecule has 11 heavy (non-hydrogen) atoms. The van der Waals surface area contributed by atoms with E-state index in [0.29, 0.717) is 5.69 Å². The fourth-order valence-corrected chi connectivity index (χ4v) is 0.964. The number of halogens is 4. The Morgan fingerprint density at radius 1 is 1.55 bits per heavy atom. The lowest BCUT2D eigenvalue weighted by Crippen LogP contribution is -2.05. The summed E-state index contributed by atoms with van der Waals surface area (Å²) in [7, 11) is 0. The third-order valence-corrected chi connectivity index (χ3v) is 2.10. The summed E-state index contributed by atoms with van der Waals surface area (Å²) in [4.78, 5) is 0. The number of alkyl halides is 3. The molecule has 0 bridgehead atoms. The van der Waals surface area contributed by atoms with Crippen molar-refractivity contribution < 1.29 is 13.2 Å². The Hall–Kier alpha value is -0.270. The first-order valence-corrected chi connectivity index (χ1v) is 3.68. The largest absolute Gasteiger partial charge is 0.435 e. The van der Waals surface area contributed by atoms with Gasteiger partial charge in [-0.2, -0.15) is 18.3 Å². The van der Waals surface area contributed by atoms with E-state index in [-0.39, 0.29) is 0 Å². The highest BCUT2D eigenvalue weighted by molar-refractivity contribution is 14.1. The molecule has 0 aromatic carbocycles. The second-order valence-electron chi connectivity index (χ2n) is 2.03. The molecule has 0 atom stereocenters. The molecule has 0 fully saturated rings. The fraction of sp³-hybridized carbons (Fsp3) is 0.400. The zero-order valence-electron chi connectivity index (χ0n) is 5.48. The molecule has 0 amide bonds. The highest BCUT2D eigenvalue weighted by atomic mass is 127. The second kappa shape index (κ2) is 2.65. The molecule has 0 unspecified atom stereocenters. The Balaban J connectivity index is 3.08. The van der Waals surface area contributed by atoms with Crippen molar-refractivity contribution in [3.8, 4) is 0 Å². The number of rotatable bonds is 0. The van der Waals surface area contributed by atoms with Crippen molar-refractivity contribution in [3.63, 3.8) is 0 Å². The summed E-state index contributed by atoms with van der Waals surface area (Å²) in [6, 6.07) is 1.01. The van der Waals surface area contributed by atoms with Crippen molar-refractivity contribution >= 4 is 22.9 Å². The molecule has 1 rings (SSSR count). The van der Waals surface area contributed by atoms with Gasteiger partial charge >= 0.3 is 6.18 Å². The summed E-state index contributed by atoms with van der Waals surface area (Å²) in [5.41, 5.74) is -0.359. The molecule has 0 N–H and O–H groups in total. The van der Waals surface area contributed by atoms with E-state index >= 15 is 0 Å². The van der Waals surface area contributed by atoms with Crippen LogP contribution in [0.3, 0.4) is 0 Å². The van der Waals surface area contributed by atoms with Crippen LogP contribution in [0.4, 0.5) is 13.2 Å². The summed E-state index contributed by atoms with van der Waals surface area (Å²) in [5.74, 6) is 0. The maximum absolute atomic E-state index is 11.9. The Morgan fingerprint density at radius 3 is 2.27 bits per heavy atom. The number of aromatic nitrogens is 2. The quantitative estimate of drug-likeness (QED) is 0.665. The number of hydrogen-bond donors (Lipinski definition) is 0. The molecular formula is C5H4F3IN2. The smallest absolute Gasteiger partial charge is 0.208 e. The molecule has 0 aliphatic heterocycles. The van der Waals surface area contributed by atoms with Crippen molar-refractivity contribution in [2.45, 2.75) is 13.1 Å². The maximum Gasteiger partial charge on any atom is 0.435 e. The van der Waals surface area contributed by atoms with Crippen LogP contribution in [-0.2, 0) is 6.18 Å². The van der Waals surface area contributed by atoms with Gasteiger partial charge in [0.15, 0.2) is 5.69 Å². The van der Waals surface area contributed by atoms with Gasteiger partial charge in [0.1, 0.15) is 0 Å². The van der Waals surface area contributed by atoms with E-state index in [1.54, 1.807) is 29.8 Å². The molecule has 0 aliphatic rings. The molecule has 0 radical (unpaired) electrons. The molecule has 6 heteroatoms. The minimum absolute atomic E-state index is 0.484. The molecule has 0 aliphatic carbocycles. The average molecular weight is 276 g/mol. The summed E-state index contributed by atoms with van der Waals surface area (Å²) in [6.07, 6.45) is -4.33. The van der Waals surface area contributed by atoms with Gasteiger partial charge in [0.05, 0.1) is 22.9 Å². The molecule has 1 aromatic heterocycles. The van der Waals surface area contributed by atoms with E-state index in [0.717, 1.165) is 6.07 Å². The fourth-order valence-electron chi connectivity index (χ4n) is 0.592. The maximum atomic E-state index is 11.9. The molecule has 2 nitrogen and oxygen atoms in total. The first-order valence-electron chi connectivity index (χ1n) is 2.71. The first-order chi connectivity index (χ1) is 4.91. The molecule has 0 saturated carbocycles. The Morgan fingerprint density at radius 2 is 2.09 bits per heavy atom. The van der Waals surface area contributed by atoms with Gasteiger partial charge in [0.2, 0.25) is 0 Å². The zero-order valence-corrected chi connectivity index (χ0v) is 7.64. The highest BCUT2D eigenvalue weighted by Gasteiger charge is 2.34. The Bertz CT molecular complexity index is 246. The topological polar surface area (TPSA) is 17.8 Å². The lowest BCUT2D eigenvalue weighted by atomic mass is 10.4. The first kappa shape index (κ1) is 8.82. The summed E-state index contributed by atoms with van der Waals surface area (Å²) < 4.78 is 36.9. The molecule has 1 aromatic rings. The van der Waals surface area contributed by atoms with Crippen LogP contribution in [-0.4, -0.2) is 7.99 Å². The number of hydrogen-bond acceptors (Lipinski definition) is 1. The van der Waals surface area contributed by atoms with Gasteiger partial charge in [0, 0.05) is 5.69 Å². The van der Waals surface area contributed by atoms with E-state index in [1.807, 2.05) is 0 Å². The van der Waals surface area contributed by atoms with Crippen molar-refractivity contribution in [3.05, 3.63) is 17.5 Å². The molecule has 1 heterocycles. The van der Waals surface area contributed by atoms with Crippen LogP contribution in [0.2, 0.25) is 0 Å². The van der Waals surface area contributed by atoms with E-state index in [2.05, 4.69) is 5.10 Å². The van der Waals surface area contributed by atoms with Crippen molar-refractivity contribution in [1.82, 2.24) is 7.99 Å². The van der Waals surface area contributed by atoms with Gasteiger partial charge in [-0.05, 0) is 13.0 Å². The molecular weight excluding hydrogens is 272 g/mol. The summed E-state index contributed by atoms with van der Waals surface area (Å²) in [6.45, 7) is 1.56. The van der Waals surface area contributed by atoms with E-state index in [1.165, 1.54) is 2.90 Å².